The van der Waals surface area contributed by atoms with Crippen LogP contribution >= 0.6 is 11.3 Å². The lowest BCUT2D eigenvalue weighted by molar-refractivity contribution is -0.384. The quantitative estimate of drug-likeness (QED) is 0.516. The molecular formula is C15H15N3O3S. The molecule has 0 spiro atoms. The fourth-order valence-corrected chi connectivity index (χ4v) is 2.54. The topological polar surface area (TPSA) is 85.1 Å². The molecule has 7 heteroatoms. The minimum absolute atomic E-state index is 0.0101. The number of nitrogens with zero attached hydrogens (tertiary/aromatic N) is 2. The van der Waals surface area contributed by atoms with Crippen molar-refractivity contribution in [3.05, 3.63) is 57.1 Å². The van der Waals surface area contributed by atoms with Gasteiger partial charge in [0.25, 0.3) is 5.69 Å². The van der Waals surface area contributed by atoms with Crippen molar-refractivity contribution in [3.8, 4) is 0 Å². The van der Waals surface area contributed by atoms with Crippen LogP contribution < -0.4 is 5.32 Å². The molecule has 0 aliphatic carbocycles. The van der Waals surface area contributed by atoms with E-state index in [0.717, 1.165) is 5.69 Å². The van der Waals surface area contributed by atoms with Crippen LogP contribution in [0, 0.1) is 10.1 Å². The van der Waals surface area contributed by atoms with Crippen molar-refractivity contribution in [2.45, 2.75) is 19.8 Å². The van der Waals surface area contributed by atoms with Gasteiger partial charge in [0.2, 0.25) is 5.91 Å². The van der Waals surface area contributed by atoms with Crippen LogP contribution in [0.2, 0.25) is 0 Å². The zero-order valence-electron chi connectivity index (χ0n) is 12.1. The first-order chi connectivity index (χ1) is 10.5. The number of nitrogens with one attached hydrogen (secondary N) is 1. The van der Waals surface area contributed by atoms with Gasteiger partial charge >= 0.3 is 0 Å². The Morgan fingerprint density at radius 2 is 2.23 bits per heavy atom. The number of hydrogen-bond donors (Lipinski definition) is 1. The van der Waals surface area contributed by atoms with Gasteiger partial charge in [-0.3, -0.25) is 20.2 Å². The number of anilines is 1. The Balaban J connectivity index is 2.01. The van der Waals surface area contributed by atoms with Crippen LogP contribution in [0.5, 0.6) is 0 Å². The molecule has 0 saturated heterocycles. The molecule has 0 fully saturated rings. The predicted octanol–water partition coefficient (Wildman–Crippen LogP) is 3.83. The number of benzene rings is 1. The number of carbonyl (C=O) groups excluding carboxylic acids is 1. The summed E-state index contributed by atoms with van der Waals surface area (Å²) in [6.45, 7) is 4.06. The number of nitro benzene ring substituents is 1. The van der Waals surface area contributed by atoms with Crippen LogP contribution in [-0.4, -0.2) is 15.8 Å². The summed E-state index contributed by atoms with van der Waals surface area (Å²) in [5, 5.41) is 15.8. The first kappa shape index (κ1) is 15.8. The van der Waals surface area contributed by atoms with Gasteiger partial charge < -0.3 is 0 Å². The molecule has 1 amide bonds. The number of amides is 1. The van der Waals surface area contributed by atoms with E-state index in [-0.39, 0.29) is 11.6 Å². The van der Waals surface area contributed by atoms with E-state index >= 15 is 0 Å². The molecule has 2 rings (SSSR count). The van der Waals surface area contributed by atoms with E-state index in [1.54, 1.807) is 12.1 Å². The van der Waals surface area contributed by atoms with Gasteiger partial charge in [-0.1, -0.05) is 26.0 Å². The summed E-state index contributed by atoms with van der Waals surface area (Å²) in [6.07, 6.45) is 2.86. The standard InChI is InChI=1S/C15H15N3O3S/c1-10(2)13-9-22-15(16-13)17-14(19)7-6-11-4-3-5-12(8-11)18(20)21/h3-10H,1-2H3,(H,16,17,19)/b7-6+. The molecule has 0 atom stereocenters. The Morgan fingerprint density at radius 1 is 1.45 bits per heavy atom. The summed E-state index contributed by atoms with van der Waals surface area (Å²) in [6, 6.07) is 6.08. The van der Waals surface area contributed by atoms with Gasteiger partial charge in [-0.15, -0.1) is 11.3 Å². The van der Waals surface area contributed by atoms with Crippen molar-refractivity contribution in [1.29, 1.82) is 0 Å². The van der Waals surface area contributed by atoms with Gasteiger partial charge in [0, 0.05) is 23.6 Å². The SMILES string of the molecule is CC(C)c1csc(NC(=O)/C=C/c2cccc([N+](=O)[O-])c2)n1. The molecule has 22 heavy (non-hydrogen) atoms. The van der Waals surface area contributed by atoms with Gasteiger partial charge in [-0.2, -0.15) is 0 Å². The van der Waals surface area contributed by atoms with Crippen LogP contribution in [0.3, 0.4) is 0 Å². The number of non-ortho nitro benzene ring substituents is 1. The second-order valence-electron chi connectivity index (χ2n) is 4.91. The van der Waals surface area contributed by atoms with E-state index in [2.05, 4.69) is 10.3 Å². The molecule has 2 aromatic rings. The molecule has 6 nitrogen and oxygen atoms in total. The Labute approximate surface area is 131 Å². The van der Waals surface area contributed by atoms with E-state index in [1.165, 1.54) is 35.6 Å². The Morgan fingerprint density at radius 3 is 2.86 bits per heavy atom. The maximum atomic E-state index is 11.8. The van der Waals surface area contributed by atoms with Gasteiger partial charge in [0.05, 0.1) is 10.6 Å². The minimum Gasteiger partial charge on any atom is -0.298 e. The van der Waals surface area contributed by atoms with Crippen molar-refractivity contribution in [2.24, 2.45) is 0 Å². The van der Waals surface area contributed by atoms with Crippen molar-refractivity contribution in [1.82, 2.24) is 4.98 Å². The Bertz CT molecular complexity index is 722. The highest BCUT2D eigenvalue weighted by molar-refractivity contribution is 7.14. The average Bonchev–Trinajstić information content (AvgIpc) is 2.94. The number of rotatable bonds is 5. The van der Waals surface area contributed by atoms with E-state index < -0.39 is 4.92 Å². The summed E-state index contributed by atoms with van der Waals surface area (Å²) in [5.74, 6) is -0.0153. The van der Waals surface area contributed by atoms with Gasteiger partial charge in [0.15, 0.2) is 5.13 Å². The molecule has 1 aromatic carbocycles. The molecule has 1 N–H and O–H groups in total. The first-order valence-electron chi connectivity index (χ1n) is 6.64. The Hall–Kier alpha value is -2.54. The fourth-order valence-electron chi connectivity index (χ4n) is 1.67. The van der Waals surface area contributed by atoms with E-state index in [0.29, 0.717) is 16.6 Å². The van der Waals surface area contributed by atoms with Gasteiger partial charge in [-0.05, 0) is 17.6 Å². The highest BCUT2D eigenvalue weighted by Crippen LogP contribution is 2.21. The molecule has 0 unspecified atom stereocenters. The number of hydrogen-bond acceptors (Lipinski definition) is 5. The van der Waals surface area contributed by atoms with E-state index in [1.807, 2.05) is 19.2 Å². The average molecular weight is 317 g/mol. The predicted molar refractivity (Wildman–Crippen MR) is 87.0 cm³/mol. The Kier molecular flexibility index (Phi) is 5.00. The third-order valence-electron chi connectivity index (χ3n) is 2.85. The molecular weight excluding hydrogens is 302 g/mol. The normalized spacial score (nSPS) is 11.0. The number of aromatic nitrogens is 1. The second kappa shape index (κ2) is 6.95. The monoisotopic (exact) mass is 317 g/mol. The third kappa shape index (κ3) is 4.23. The number of carbonyl (C=O) groups is 1. The fraction of sp³-hybridized carbons (Fsp3) is 0.200. The molecule has 0 radical (unpaired) electrons. The number of nitro groups is 1. The molecule has 1 heterocycles. The maximum Gasteiger partial charge on any atom is 0.270 e. The maximum absolute atomic E-state index is 11.8. The van der Waals surface area contributed by atoms with Gasteiger partial charge in [-0.25, -0.2) is 4.98 Å². The van der Waals surface area contributed by atoms with Crippen LogP contribution in [-0.2, 0) is 4.79 Å². The van der Waals surface area contributed by atoms with Crippen LogP contribution in [0.15, 0.2) is 35.7 Å². The summed E-state index contributed by atoms with van der Waals surface area (Å²) in [4.78, 5) is 26.3. The van der Waals surface area contributed by atoms with Crippen molar-refractivity contribution in [2.75, 3.05) is 5.32 Å². The van der Waals surface area contributed by atoms with Crippen LogP contribution in [0.25, 0.3) is 6.08 Å². The highest BCUT2D eigenvalue weighted by Gasteiger charge is 2.07. The van der Waals surface area contributed by atoms with Crippen LogP contribution in [0.1, 0.15) is 31.0 Å². The van der Waals surface area contributed by atoms with Crippen molar-refractivity contribution < 1.29 is 9.72 Å². The summed E-state index contributed by atoms with van der Waals surface area (Å²) < 4.78 is 0. The molecule has 1 aromatic heterocycles. The zero-order chi connectivity index (χ0) is 16.1. The number of thiazole rings is 1. The molecule has 0 aliphatic heterocycles. The second-order valence-corrected chi connectivity index (χ2v) is 5.77. The summed E-state index contributed by atoms with van der Waals surface area (Å²) in [7, 11) is 0. The lowest BCUT2D eigenvalue weighted by Gasteiger charge is -1.98. The van der Waals surface area contributed by atoms with Gasteiger partial charge in [0.1, 0.15) is 0 Å². The summed E-state index contributed by atoms with van der Waals surface area (Å²) in [5.41, 5.74) is 1.51. The molecule has 114 valence electrons. The summed E-state index contributed by atoms with van der Waals surface area (Å²) >= 11 is 1.37. The largest absolute Gasteiger partial charge is 0.298 e. The van der Waals surface area contributed by atoms with E-state index in [9.17, 15) is 14.9 Å². The smallest absolute Gasteiger partial charge is 0.270 e. The van der Waals surface area contributed by atoms with Crippen molar-refractivity contribution >= 4 is 34.1 Å². The lowest BCUT2D eigenvalue weighted by atomic mass is 10.2. The molecule has 0 bridgehead atoms. The third-order valence-corrected chi connectivity index (χ3v) is 3.63. The van der Waals surface area contributed by atoms with Crippen molar-refractivity contribution in [3.63, 3.8) is 0 Å². The highest BCUT2D eigenvalue weighted by atomic mass is 32.1. The van der Waals surface area contributed by atoms with E-state index in [4.69, 9.17) is 0 Å². The first-order valence-corrected chi connectivity index (χ1v) is 7.52. The zero-order valence-corrected chi connectivity index (χ0v) is 13.0. The lowest BCUT2D eigenvalue weighted by Crippen LogP contribution is -2.07. The van der Waals surface area contributed by atoms with Crippen LogP contribution in [0.4, 0.5) is 10.8 Å². The molecule has 0 aliphatic rings. The molecule has 0 saturated carbocycles. The minimum atomic E-state index is -0.472.